The summed E-state index contributed by atoms with van der Waals surface area (Å²) in [5.74, 6) is 0. The van der Waals surface area contributed by atoms with Gasteiger partial charge in [-0.1, -0.05) is 0 Å². The van der Waals surface area contributed by atoms with Gasteiger partial charge in [-0.3, -0.25) is 8.74 Å². The summed E-state index contributed by atoms with van der Waals surface area (Å²) in [7, 11) is -10.3. The van der Waals surface area contributed by atoms with Crippen molar-refractivity contribution in [2.45, 2.75) is 10.2 Å². The van der Waals surface area contributed by atoms with Gasteiger partial charge in [0.05, 0.1) is 4.90 Å². The molecule has 1 aromatic carbocycles. The van der Waals surface area contributed by atoms with Crippen LogP contribution in [0.1, 0.15) is 0 Å². The Labute approximate surface area is 121 Å². The van der Waals surface area contributed by atoms with Crippen molar-refractivity contribution in [2.24, 2.45) is 0 Å². The monoisotopic (exact) mass is 428 g/mol. The van der Waals surface area contributed by atoms with Crippen molar-refractivity contribution in [1.29, 1.82) is 0 Å². The van der Waals surface area contributed by atoms with Crippen LogP contribution in [0.15, 0.2) is 29.2 Å². The first-order valence-corrected chi connectivity index (χ1v) is 8.38. The molecule has 0 radical (unpaired) electrons. The lowest BCUT2D eigenvalue weighted by Crippen LogP contribution is -2.34. The zero-order valence-corrected chi connectivity index (χ0v) is 12.7. The van der Waals surface area contributed by atoms with Gasteiger partial charge in [-0.2, -0.15) is 25.6 Å². The Morgan fingerprint density at radius 2 is 1.63 bits per heavy atom. The molecular formula is C8H7F2IO6S2. The van der Waals surface area contributed by atoms with Gasteiger partial charge in [0.1, 0.15) is 6.61 Å². The van der Waals surface area contributed by atoms with Crippen molar-refractivity contribution in [3.63, 3.8) is 0 Å². The van der Waals surface area contributed by atoms with Crippen molar-refractivity contribution >= 4 is 42.8 Å². The molecule has 0 fully saturated rings. The maximum Gasteiger partial charge on any atom is 0.393 e. The zero-order valence-electron chi connectivity index (χ0n) is 8.96. The van der Waals surface area contributed by atoms with E-state index in [0.717, 1.165) is 12.1 Å². The average Bonchev–Trinajstić information content (AvgIpc) is 2.26. The first-order chi connectivity index (χ1) is 8.46. The molecule has 0 heterocycles. The summed E-state index contributed by atoms with van der Waals surface area (Å²) in [6.45, 7) is -2.00. The summed E-state index contributed by atoms with van der Waals surface area (Å²) in [5, 5.41) is -4.71. The van der Waals surface area contributed by atoms with Crippen LogP contribution in [0, 0.1) is 3.57 Å². The van der Waals surface area contributed by atoms with E-state index in [1.165, 1.54) is 12.1 Å². The van der Waals surface area contributed by atoms with Crippen LogP contribution in [0.2, 0.25) is 0 Å². The Morgan fingerprint density at radius 3 is 2.05 bits per heavy atom. The second-order valence-electron chi connectivity index (χ2n) is 3.28. The fraction of sp³-hybridized carbons (Fsp3) is 0.250. The Morgan fingerprint density at radius 1 is 1.16 bits per heavy atom. The smallest absolute Gasteiger partial charge is 0.281 e. The van der Waals surface area contributed by atoms with E-state index in [-0.39, 0.29) is 0 Å². The SMILES string of the molecule is O=S(=O)(OCC(F)(F)S(=O)(=O)O)c1ccc(I)cc1. The van der Waals surface area contributed by atoms with Gasteiger partial charge in [-0.05, 0) is 46.9 Å². The van der Waals surface area contributed by atoms with Gasteiger partial charge in [0.25, 0.3) is 10.1 Å². The van der Waals surface area contributed by atoms with Gasteiger partial charge in [0.15, 0.2) is 0 Å². The molecule has 1 N–H and O–H groups in total. The van der Waals surface area contributed by atoms with E-state index in [9.17, 15) is 25.6 Å². The quantitative estimate of drug-likeness (QED) is 0.434. The molecule has 108 valence electrons. The maximum atomic E-state index is 12.8. The summed E-state index contributed by atoms with van der Waals surface area (Å²) in [5.41, 5.74) is 0. The largest absolute Gasteiger partial charge is 0.393 e. The van der Waals surface area contributed by atoms with Crippen LogP contribution >= 0.6 is 22.6 Å². The third kappa shape index (κ3) is 4.30. The van der Waals surface area contributed by atoms with E-state index >= 15 is 0 Å². The highest BCUT2D eigenvalue weighted by atomic mass is 127. The predicted molar refractivity (Wildman–Crippen MR) is 68.8 cm³/mol. The fourth-order valence-electron chi connectivity index (χ4n) is 0.890. The topological polar surface area (TPSA) is 97.7 Å². The lowest BCUT2D eigenvalue weighted by molar-refractivity contribution is 0.0312. The summed E-state index contributed by atoms with van der Waals surface area (Å²) in [6, 6.07) is 5.03. The number of halogens is 3. The van der Waals surface area contributed by atoms with Gasteiger partial charge in [-0.25, -0.2) is 0 Å². The van der Waals surface area contributed by atoms with Gasteiger partial charge < -0.3 is 0 Å². The molecule has 0 saturated heterocycles. The van der Waals surface area contributed by atoms with Gasteiger partial charge in [0.2, 0.25) is 0 Å². The molecule has 0 aliphatic rings. The van der Waals surface area contributed by atoms with E-state index in [1.54, 1.807) is 0 Å². The number of hydrogen-bond acceptors (Lipinski definition) is 5. The number of alkyl halides is 2. The summed E-state index contributed by atoms with van der Waals surface area (Å²) >= 11 is 1.90. The molecule has 1 aromatic rings. The standard InChI is InChI=1S/C8H7F2IO6S2/c9-8(10,19(14,15)16)5-17-18(12,13)7-3-1-6(11)2-4-7/h1-4H,5H2,(H,14,15,16). The van der Waals surface area contributed by atoms with Crippen LogP contribution in [0.4, 0.5) is 8.78 Å². The minimum atomic E-state index is -5.74. The summed E-state index contributed by atoms with van der Waals surface area (Å²) in [4.78, 5) is -0.404. The maximum absolute atomic E-state index is 12.8. The normalized spacial score (nSPS) is 13.5. The molecule has 0 aromatic heterocycles. The molecular weight excluding hydrogens is 421 g/mol. The number of rotatable bonds is 5. The van der Waals surface area contributed by atoms with Crippen LogP contribution in [0.5, 0.6) is 0 Å². The van der Waals surface area contributed by atoms with Gasteiger partial charge in [-0.15, -0.1) is 0 Å². The molecule has 1 rings (SSSR count). The third-order valence-electron chi connectivity index (χ3n) is 1.86. The minimum absolute atomic E-state index is 0.404. The average molecular weight is 428 g/mol. The summed E-state index contributed by atoms with van der Waals surface area (Å²) in [6.07, 6.45) is 0. The molecule has 11 heteroatoms. The summed E-state index contributed by atoms with van der Waals surface area (Å²) < 4.78 is 82.0. The highest BCUT2D eigenvalue weighted by Gasteiger charge is 2.45. The van der Waals surface area contributed by atoms with Crippen LogP contribution in [0.25, 0.3) is 0 Å². The zero-order chi connectivity index (χ0) is 14.9. The Balaban J connectivity index is 2.91. The molecule has 0 atom stereocenters. The van der Waals surface area contributed by atoms with Crippen molar-refractivity contribution in [2.75, 3.05) is 6.61 Å². The van der Waals surface area contributed by atoms with Crippen LogP contribution in [-0.2, 0) is 24.4 Å². The van der Waals surface area contributed by atoms with Gasteiger partial charge >= 0.3 is 15.4 Å². The molecule has 0 aliphatic heterocycles. The van der Waals surface area contributed by atoms with Gasteiger partial charge in [0, 0.05) is 3.57 Å². The van der Waals surface area contributed by atoms with E-state index in [0.29, 0.717) is 3.57 Å². The lowest BCUT2D eigenvalue weighted by atomic mass is 10.4. The van der Waals surface area contributed by atoms with E-state index in [2.05, 4.69) is 4.18 Å². The molecule has 0 spiro atoms. The molecule has 6 nitrogen and oxygen atoms in total. The second-order valence-corrected chi connectivity index (χ2v) is 7.69. The van der Waals surface area contributed by atoms with Crippen molar-refractivity contribution in [1.82, 2.24) is 0 Å². The van der Waals surface area contributed by atoms with E-state index in [4.69, 9.17) is 4.55 Å². The van der Waals surface area contributed by atoms with Crippen LogP contribution in [0.3, 0.4) is 0 Å². The molecule has 0 bridgehead atoms. The first-order valence-electron chi connectivity index (χ1n) is 4.45. The van der Waals surface area contributed by atoms with E-state index in [1.807, 2.05) is 22.6 Å². The van der Waals surface area contributed by atoms with Crippen molar-refractivity contribution < 1.29 is 34.4 Å². The third-order valence-corrected chi connectivity index (χ3v) is 4.73. The highest BCUT2D eigenvalue weighted by molar-refractivity contribution is 14.1. The highest BCUT2D eigenvalue weighted by Crippen LogP contribution is 2.23. The molecule has 0 unspecified atom stereocenters. The minimum Gasteiger partial charge on any atom is -0.281 e. The Hall–Kier alpha value is -0.370. The number of benzene rings is 1. The predicted octanol–water partition coefficient (Wildman–Crippen LogP) is 1.48. The number of hydrogen-bond donors (Lipinski definition) is 1. The molecule has 19 heavy (non-hydrogen) atoms. The fourth-order valence-corrected chi connectivity index (χ4v) is 2.44. The second kappa shape index (κ2) is 5.55. The lowest BCUT2D eigenvalue weighted by Gasteiger charge is -2.12. The Kier molecular flexibility index (Phi) is 4.88. The molecule has 0 saturated carbocycles. The van der Waals surface area contributed by atoms with Crippen molar-refractivity contribution in [3.05, 3.63) is 27.8 Å². The van der Waals surface area contributed by atoms with Crippen LogP contribution in [-0.4, -0.2) is 33.2 Å². The Bertz CT molecular complexity index is 653. The van der Waals surface area contributed by atoms with Crippen LogP contribution < -0.4 is 0 Å². The molecule has 0 amide bonds. The first kappa shape index (κ1) is 16.7. The van der Waals surface area contributed by atoms with E-state index < -0.39 is 37.0 Å². The van der Waals surface area contributed by atoms with Crippen molar-refractivity contribution in [3.8, 4) is 0 Å². The molecule has 0 aliphatic carbocycles.